The first-order chi connectivity index (χ1) is 40.2. The first-order valence-corrected chi connectivity index (χ1v) is 29.4. The van der Waals surface area contributed by atoms with Crippen molar-refractivity contribution >= 4 is 45.6 Å². The molecule has 0 spiro atoms. The number of primary amides is 1. The van der Waals surface area contributed by atoms with Gasteiger partial charge in [0.15, 0.2) is 17.4 Å². The Bertz CT molecular complexity index is 3410. The van der Waals surface area contributed by atoms with E-state index in [1.807, 2.05) is 35.0 Å². The van der Waals surface area contributed by atoms with Gasteiger partial charge in [0.2, 0.25) is 12.3 Å². The molecule has 5 fully saturated rings. The number of carbonyl (C=O) groups excluding carboxylic acids is 2. The third-order valence-corrected chi connectivity index (χ3v) is 17.2. The van der Waals surface area contributed by atoms with Crippen LogP contribution in [0.1, 0.15) is 89.0 Å². The summed E-state index contributed by atoms with van der Waals surface area (Å²) in [5.41, 5.74) is 7.99. The number of pyridine rings is 1. The molecule has 7 aromatic rings. The number of halogens is 2. The third-order valence-electron chi connectivity index (χ3n) is 17.2. The minimum absolute atomic E-state index is 0.0346. The minimum Gasteiger partial charge on any atom is -0.508 e. The number of nitrogens with one attached hydrogen (secondary N) is 1. The molecule has 18 nitrogen and oxygen atoms in total. The van der Waals surface area contributed by atoms with Gasteiger partial charge < -0.3 is 40.1 Å². The van der Waals surface area contributed by atoms with Gasteiger partial charge in [0.25, 0.3) is 0 Å². The second-order valence-corrected chi connectivity index (χ2v) is 23.0. The van der Waals surface area contributed by atoms with Gasteiger partial charge in [0.1, 0.15) is 41.1 Å². The monoisotopic (exact) mass is 1130 g/mol. The number of benzene rings is 3. The van der Waals surface area contributed by atoms with Crippen LogP contribution in [0.25, 0.3) is 44.2 Å². The van der Waals surface area contributed by atoms with Gasteiger partial charge in [-0.05, 0) is 118 Å². The average Bonchev–Trinajstić information content (AvgIpc) is 3.15. The van der Waals surface area contributed by atoms with E-state index in [1.54, 1.807) is 6.20 Å². The summed E-state index contributed by atoms with van der Waals surface area (Å²) in [7, 11) is 1.96. The van der Waals surface area contributed by atoms with E-state index in [4.69, 9.17) is 25.5 Å². The molecule has 4 N–H and O–H groups in total. The molecule has 3 aromatic carbocycles. The lowest BCUT2D eigenvalue weighted by Crippen LogP contribution is -2.51. The minimum atomic E-state index is -0.732. The Labute approximate surface area is 484 Å². The van der Waals surface area contributed by atoms with E-state index in [0.717, 1.165) is 109 Å². The molecule has 4 aromatic heterocycles. The maximum atomic E-state index is 17.0. The molecule has 9 heterocycles. The Morgan fingerprint density at radius 3 is 2.33 bits per heavy atom. The van der Waals surface area contributed by atoms with Crippen LogP contribution < -0.4 is 25.6 Å². The molecule has 0 aliphatic carbocycles. The van der Waals surface area contributed by atoms with E-state index in [0.29, 0.717) is 66.6 Å². The highest BCUT2D eigenvalue weighted by atomic mass is 19.1. The molecule has 438 valence electrons. The predicted octanol–water partition coefficient (Wildman–Crippen LogP) is 8.15. The maximum absolute atomic E-state index is 17.0. The molecular formula is C63H77F2N13O5. The van der Waals surface area contributed by atoms with Crippen LogP contribution in [0.3, 0.4) is 0 Å². The first kappa shape index (κ1) is 58.5. The zero-order chi connectivity index (χ0) is 58.3. The largest absolute Gasteiger partial charge is 0.508 e. The van der Waals surface area contributed by atoms with Crippen molar-refractivity contribution in [3.8, 4) is 46.6 Å². The summed E-state index contributed by atoms with van der Waals surface area (Å²) in [4.78, 5) is 47.6. The van der Waals surface area contributed by atoms with Crippen molar-refractivity contribution in [2.45, 2.75) is 96.7 Å². The topological polar surface area (TPSA) is 200 Å². The number of ether oxygens (including phenoxy) is 1. The maximum Gasteiger partial charge on any atom is 0.319 e. The van der Waals surface area contributed by atoms with Crippen molar-refractivity contribution in [1.29, 1.82) is 0 Å². The zero-order valence-corrected chi connectivity index (χ0v) is 48.3. The number of aryl methyl sites for hydroxylation is 2. The number of aromatic nitrogens is 6. The van der Waals surface area contributed by atoms with Crippen LogP contribution in [-0.2, 0) is 23.1 Å². The molecule has 2 amide bonds. The summed E-state index contributed by atoms with van der Waals surface area (Å²) < 4.78 is 46.0. The molecule has 20 heteroatoms. The number of carbonyl (C=O) groups is 2. The molecule has 4 atom stereocenters. The van der Waals surface area contributed by atoms with Crippen molar-refractivity contribution in [2.24, 2.45) is 24.6 Å². The molecule has 4 unspecified atom stereocenters. The Hall–Kier alpha value is -7.73. The quantitative estimate of drug-likeness (QED) is 0.0696. The number of nitrogens with zero attached hydrogens (tertiary/aromatic N) is 11. The third kappa shape index (κ3) is 13.1. The van der Waals surface area contributed by atoms with Gasteiger partial charge >= 0.3 is 6.01 Å². The molecular weight excluding hydrogens is 1060 g/mol. The second kappa shape index (κ2) is 26.2. The number of terminal acetylenes is 1. The van der Waals surface area contributed by atoms with Crippen LogP contribution in [0.2, 0.25) is 0 Å². The number of likely N-dealkylation sites (tertiary alicyclic amines) is 2. The van der Waals surface area contributed by atoms with Crippen LogP contribution in [0, 0.1) is 35.8 Å². The average molecular weight is 1130 g/mol. The number of piperazine rings is 2. The molecule has 12 rings (SSSR count). The molecule has 5 aliphatic rings. The highest BCUT2D eigenvalue weighted by Crippen LogP contribution is 2.40. The Morgan fingerprint density at radius 1 is 0.940 bits per heavy atom. The van der Waals surface area contributed by atoms with E-state index < -0.39 is 11.6 Å². The summed E-state index contributed by atoms with van der Waals surface area (Å²) in [5, 5.41) is 24.1. The molecule has 5 aliphatic heterocycles. The van der Waals surface area contributed by atoms with Crippen molar-refractivity contribution in [2.75, 3.05) is 88.4 Å². The van der Waals surface area contributed by atoms with Gasteiger partial charge in [-0.25, -0.2) is 8.78 Å². The number of hydrogen-bond donors (Lipinski definition) is 3. The fourth-order valence-electron chi connectivity index (χ4n) is 12.7. The van der Waals surface area contributed by atoms with Gasteiger partial charge in [0.05, 0.1) is 16.6 Å². The van der Waals surface area contributed by atoms with Gasteiger partial charge in [-0.2, -0.15) is 15.1 Å². The first-order valence-electron chi connectivity index (χ1n) is 29.4. The number of fused-ring (bicyclic) bond motifs is 4. The number of aromatic hydroxyl groups is 1. The van der Waals surface area contributed by atoms with Crippen LogP contribution in [0.15, 0.2) is 77.6 Å². The summed E-state index contributed by atoms with van der Waals surface area (Å²) in [6.45, 7) is 18.3. The van der Waals surface area contributed by atoms with Crippen molar-refractivity contribution in [3.63, 3.8) is 0 Å². The van der Waals surface area contributed by atoms with Crippen molar-refractivity contribution < 1.29 is 32.7 Å². The van der Waals surface area contributed by atoms with Crippen LogP contribution in [0.5, 0.6) is 11.8 Å². The molecule has 0 saturated carbocycles. The summed E-state index contributed by atoms with van der Waals surface area (Å²) in [6.07, 6.45) is 16.9. The normalized spacial score (nSPS) is 19.8. The number of hydrogen-bond acceptors (Lipinski definition) is 15. The van der Waals surface area contributed by atoms with E-state index in [2.05, 4.69) is 109 Å². The van der Waals surface area contributed by atoms with Crippen molar-refractivity contribution in [1.82, 2.24) is 49.9 Å². The van der Waals surface area contributed by atoms with E-state index >= 15 is 4.39 Å². The summed E-state index contributed by atoms with van der Waals surface area (Å²) in [6, 6.07) is 19.2. The number of anilines is 2. The zero-order valence-electron chi connectivity index (χ0n) is 48.3. The van der Waals surface area contributed by atoms with Gasteiger partial charge in [0, 0.05) is 113 Å². The lowest BCUT2D eigenvalue weighted by atomic mass is 9.91. The second-order valence-electron chi connectivity index (χ2n) is 23.0. The number of rotatable bonds is 14. The van der Waals surface area contributed by atoms with Gasteiger partial charge in [-0.15, -0.1) is 6.42 Å². The van der Waals surface area contributed by atoms with Gasteiger partial charge in [-0.1, -0.05) is 62.2 Å². The molecule has 2 bridgehead atoms. The Kier molecular flexibility index (Phi) is 18.5. The predicted molar refractivity (Wildman–Crippen MR) is 318 cm³/mol. The lowest BCUT2D eigenvalue weighted by Gasteiger charge is -2.38. The highest BCUT2D eigenvalue weighted by Gasteiger charge is 2.38. The smallest absolute Gasteiger partial charge is 0.319 e. The van der Waals surface area contributed by atoms with Crippen LogP contribution >= 0.6 is 0 Å². The molecule has 5 saturated heterocycles. The van der Waals surface area contributed by atoms with Crippen molar-refractivity contribution in [3.05, 3.63) is 102 Å². The fourth-order valence-corrected chi connectivity index (χ4v) is 12.7. The highest BCUT2D eigenvalue weighted by molar-refractivity contribution is 6.03. The number of amides is 2. The lowest BCUT2D eigenvalue weighted by molar-refractivity contribution is -0.134. The summed E-state index contributed by atoms with van der Waals surface area (Å²) in [5.74, 6) is 3.52. The summed E-state index contributed by atoms with van der Waals surface area (Å²) >= 11 is 0. The number of nitrogens with two attached hydrogens (primary N) is 1. The molecule has 83 heavy (non-hydrogen) atoms. The number of phenols is 1. The van der Waals surface area contributed by atoms with E-state index in [-0.39, 0.29) is 69.7 Å². The van der Waals surface area contributed by atoms with Crippen LogP contribution in [-0.4, -0.2) is 159 Å². The standard InChI is InChI=1S/C50H60F2N10O4.C12H14N2.CH3NO/c1-5-37-40(51)11-8-33-23-36(63)24-38(44(33)37)46-45(52)47-39(26-53-46)48(61-28-34-9-10-35(29-61)54-34)56-50(55-47)65-22-21-58-15-12-32(13-16-58)27-59-17-19-60(20-18-59)42-25-41(66-57-42)43(30(2)3)49(64)62-14-6-7-31(62)4;1-3-10-4-6-11(7-5-10)12-8-9-13-14(12)2;2-1-3/h1,8,11,23-26,30-32,34-35,43,54,63H,6-7,9-10,12-22,27-29H2,2-4H3;4-9H,3H2,1-2H3;1H,(H2,2,3). The number of piperidine rings is 1. The van der Waals surface area contributed by atoms with E-state index in [1.165, 1.54) is 35.4 Å². The Balaban J connectivity index is 0.000000389. The molecule has 0 radical (unpaired) electrons. The SMILES string of the molecule is C#Cc1c(F)ccc2cc(O)cc(-c3ncc4c(N5CC6CCC(C5)N6)nc(OCCN5CCC(CN6CCN(c7cc(C(C(=O)N8CCCC8C)C(C)C)on7)CC6)CC5)nc4c3F)c12.CCc1ccc(-c2ccnn2C)cc1.NC=O. The van der Waals surface area contributed by atoms with Crippen LogP contribution in [0.4, 0.5) is 20.4 Å². The number of phenolic OH excluding ortho intramolecular Hbond substituents is 1. The van der Waals surface area contributed by atoms with Gasteiger partial charge in [-0.3, -0.25) is 29.1 Å². The fraction of sp³-hybridized carbons (Fsp3) is 0.476. The Morgan fingerprint density at radius 2 is 1.67 bits per heavy atom. The van der Waals surface area contributed by atoms with E-state index in [9.17, 15) is 14.3 Å².